The maximum Gasteiger partial charge on any atom is 0.279 e. The molecule has 6 heteroatoms. The molecule has 0 N–H and O–H groups in total. The first-order valence-electron chi connectivity index (χ1n) is 5.52. The highest BCUT2D eigenvalue weighted by molar-refractivity contribution is 7.98. The van der Waals surface area contributed by atoms with E-state index in [9.17, 15) is 0 Å². The minimum atomic E-state index is 0.497. The number of methoxy groups -OCH3 is 1. The summed E-state index contributed by atoms with van der Waals surface area (Å²) in [7, 11) is 1.63. The topological polar surface area (TPSA) is 57.4 Å². The van der Waals surface area contributed by atoms with Gasteiger partial charge in [-0.05, 0) is 43.0 Å². The molecule has 0 aliphatic heterocycles. The Morgan fingerprint density at radius 3 is 2.67 bits per heavy atom. The van der Waals surface area contributed by atoms with Crippen LogP contribution in [-0.4, -0.2) is 29.9 Å². The van der Waals surface area contributed by atoms with Crippen molar-refractivity contribution in [3.8, 4) is 17.2 Å². The van der Waals surface area contributed by atoms with Gasteiger partial charge in [-0.2, -0.15) is 0 Å². The summed E-state index contributed by atoms with van der Waals surface area (Å²) in [5, 5.41) is 8.44. The molecule has 0 bridgehead atoms. The molecule has 0 aliphatic rings. The summed E-state index contributed by atoms with van der Waals surface area (Å²) in [5.74, 6) is 1.81. The van der Waals surface area contributed by atoms with Crippen molar-refractivity contribution in [3.63, 3.8) is 0 Å². The number of rotatable bonds is 6. The lowest BCUT2D eigenvalue weighted by Gasteiger charge is -1.99. The van der Waals surface area contributed by atoms with E-state index >= 15 is 0 Å². The van der Waals surface area contributed by atoms with Crippen LogP contribution in [0.3, 0.4) is 0 Å². The molecule has 0 atom stereocenters. The molecule has 0 unspecified atom stereocenters. The van der Waals surface area contributed by atoms with E-state index in [0.717, 1.165) is 11.3 Å². The van der Waals surface area contributed by atoms with Crippen LogP contribution in [-0.2, 0) is 4.74 Å². The average molecular weight is 266 g/mol. The maximum absolute atomic E-state index is 5.51. The molecule has 96 valence electrons. The van der Waals surface area contributed by atoms with Crippen molar-refractivity contribution in [2.24, 2.45) is 0 Å². The van der Waals surface area contributed by atoms with Crippen LogP contribution < -0.4 is 4.74 Å². The van der Waals surface area contributed by atoms with Crippen molar-refractivity contribution in [1.82, 2.24) is 10.2 Å². The lowest BCUT2D eigenvalue weighted by molar-refractivity contribution is 0.198. The summed E-state index contributed by atoms with van der Waals surface area (Å²) in [6, 6.07) is 7.46. The highest BCUT2D eigenvalue weighted by Gasteiger charge is 2.08. The second kappa shape index (κ2) is 6.42. The standard InChI is InChI=1S/C12H14N2O3S/c1-3-16-8-18-12-14-13-11(17-12)9-4-6-10(15-2)7-5-9/h4-7H,3,8H2,1-2H3. The van der Waals surface area contributed by atoms with Gasteiger partial charge in [-0.3, -0.25) is 0 Å². The largest absolute Gasteiger partial charge is 0.497 e. The molecule has 0 aliphatic carbocycles. The Morgan fingerprint density at radius 2 is 2.00 bits per heavy atom. The summed E-state index contributed by atoms with van der Waals surface area (Å²) < 4.78 is 15.8. The monoisotopic (exact) mass is 266 g/mol. The van der Waals surface area contributed by atoms with Crippen LogP contribution in [0.5, 0.6) is 5.75 Å². The van der Waals surface area contributed by atoms with Gasteiger partial charge in [0.05, 0.1) is 7.11 Å². The average Bonchev–Trinajstić information content (AvgIpc) is 2.88. The van der Waals surface area contributed by atoms with Gasteiger partial charge in [0.2, 0.25) is 5.89 Å². The maximum atomic E-state index is 5.51. The fraction of sp³-hybridized carbons (Fsp3) is 0.333. The number of nitrogens with zero attached hydrogens (tertiary/aromatic N) is 2. The third-order valence-electron chi connectivity index (χ3n) is 2.21. The van der Waals surface area contributed by atoms with Crippen molar-refractivity contribution >= 4 is 11.8 Å². The van der Waals surface area contributed by atoms with Crippen LogP contribution in [0, 0.1) is 0 Å². The molecule has 2 aromatic rings. The summed E-state index contributed by atoms with van der Waals surface area (Å²) in [6.45, 7) is 2.61. The molecule has 1 aromatic carbocycles. The summed E-state index contributed by atoms with van der Waals surface area (Å²) >= 11 is 1.38. The van der Waals surface area contributed by atoms with Crippen LogP contribution in [0.2, 0.25) is 0 Å². The molecule has 2 rings (SSSR count). The minimum absolute atomic E-state index is 0.497. The van der Waals surface area contributed by atoms with E-state index in [2.05, 4.69) is 10.2 Å². The van der Waals surface area contributed by atoms with Gasteiger partial charge < -0.3 is 13.9 Å². The Labute approximate surface area is 110 Å². The fourth-order valence-corrected chi connectivity index (χ4v) is 1.88. The molecule has 0 fully saturated rings. The Kier molecular flexibility index (Phi) is 4.60. The van der Waals surface area contributed by atoms with Crippen molar-refractivity contribution in [2.75, 3.05) is 19.7 Å². The number of hydrogen-bond donors (Lipinski definition) is 0. The van der Waals surface area contributed by atoms with Crippen molar-refractivity contribution < 1.29 is 13.9 Å². The third-order valence-corrected chi connectivity index (χ3v) is 2.91. The molecule has 0 saturated heterocycles. The van der Waals surface area contributed by atoms with E-state index < -0.39 is 0 Å². The van der Waals surface area contributed by atoms with E-state index in [4.69, 9.17) is 13.9 Å². The molecule has 0 spiro atoms. The van der Waals surface area contributed by atoms with Crippen molar-refractivity contribution in [1.29, 1.82) is 0 Å². The van der Waals surface area contributed by atoms with E-state index in [1.54, 1.807) is 7.11 Å². The first-order chi connectivity index (χ1) is 8.83. The summed E-state index contributed by atoms with van der Waals surface area (Å²) in [6.07, 6.45) is 0. The second-order valence-electron chi connectivity index (χ2n) is 3.36. The molecule has 0 radical (unpaired) electrons. The number of benzene rings is 1. The smallest absolute Gasteiger partial charge is 0.279 e. The second-order valence-corrected chi connectivity index (χ2v) is 4.23. The first kappa shape index (κ1) is 12.9. The van der Waals surface area contributed by atoms with Gasteiger partial charge in [-0.25, -0.2) is 0 Å². The van der Waals surface area contributed by atoms with Crippen LogP contribution in [0.1, 0.15) is 6.92 Å². The highest BCUT2D eigenvalue weighted by Crippen LogP contribution is 2.24. The fourth-order valence-electron chi connectivity index (χ4n) is 1.29. The van der Waals surface area contributed by atoms with E-state index in [1.165, 1.54) is 11.8 Å². The van der Waals surface area contributed by atoms with Gasteiger partial charge in [-0.15, -0.1) is 10.2 Å². The zero-order valence-corrected chi connectivity index (χ0v) is 11.1. The molecule has 1 heterocycles. The summed E-state index contributed by atoms with van der Waals surface area (Å²) in [4.78, 5) is 0. The normalized spacial score (nSPS) is 10.6. The molecule has 0 saturated carbocycles. The lowest BCUT2D eigenvalue weighted by atomic mass is 10.2. The molecule has 0 amide bonds. The number of thioether (sulfide) groups is 1. The number of aromatic nitrogens is 2. The zero-order valence-electron chi connectivity index (χ0n) is 10.3. The van der Waals surface area contributed by atoms with E-state index in [0.29, 0.717) is 23.7 Å². The SMILES string of the molecule is CCOCSc1nnc(-c2ccc(OC)cc2)o1. The van der Waals surface area contributed by atoms with Crippen LogP contribution >= 0.6 is 11.8 Å². The quantitative estimate of drug-likeness (QED) is 0.455. The highest BCUT2D eigenvalue weighted by atomic mass is 32.2. The van der Waals surface area contributed by atoms with Crippen LogP contribution in [0.15, 0.2) is 33.9 Å². The Morgan fingerprint density at radius 1 is 1.22 bits per heavy atom. The van der Waals surface area contributed by atoms with Gasteiger partial charge in [0.25, 0.3) is 5.22 Å². The van der Waals surface area contributed by atoms with Crippen molar-refractivity contribution in [2.45, 2.75) is 12.1 Å². The first-order valence-corrected chi connectivity index (χ1v) is 6.50. The Hall–Kier alpha value is -1.53. The molecular formula is C12H14N2O3S. The van der Waals surface area contributed by atoms with Gasteiger partial charge in [0, 0.05) is 12.2 Å². The Balaban J connectivity index is 2.04. The number of hydrogen-bond acceptors (Lipinski definition) is 6. The predicted octanol–water partition coefficient (Wildman–Crippen LogP) is 2.83. The lowest BCUT2D eigenvalue weighted by Crippen LogP contribution is -1.87. The van der Waals surface area contributed by atoms with Gasteiger partial charge in [0.1, 0.15) is 11.7 Å². The molecule has 18 heavy (non-hydrogen) atoms. The molecule has 5 nitrogen and oxygen atoms in total. The predicted molar refractivity (Wildman–Crippen MR) is 68.6 cm³/mol. The molecule has 1 aromatic heterocycles. The van der Waals surface area contributed by atoms with Crippen molar-refractivity contribution in [3.05, 3.63) is 24.3 Å². The van der Waals surface area contributed by atoms with E-state index in [-0.39, 0.29) is 0 Å². The molecular weight excluding hydrogens is 252 g/mol. The number of ether oxygens (including phenoxy) is 2. The van der Waals surface area contributed by atoms with Gasteiger partial charge >= 0.3 is 0 Å². The zero-order chi connectivity index (χ0) is 12.8. The minimum Gasteiger partial charge on any atom is -0.497 e. The Bertz CT molecular complexity index is 484. The summed E-state index contributed by atoms with van der Waals surface area (Å²) in [5.41, 5.74) is 0.867. The van der Waals surface area contributed by atoms with Gasteiger partial charge in [-0.1, -0.05) is 0 Å². The van der Waals surface area contributed by atoms with Crippen LogP contribution in [0.25, 0.3) is 11.5 Å². The third kappa shape index (κ3) is 3.24. The van der Waals surface area contributed by atoms with Gasteiger partial charge in [0.15, 0.2) is 0 Å². The van der Waals surface area contributed by atoms with Crippen LogP contribution in [0.4, 0.5) is 0 Å². The van der Waals surface area contributed by atoms with E-state index in [1.807, 2.05) is 31.2 Å².